The molecule has 1 aromatic heterocycles. The van der Waals surface area contributed by atoms with Crippen LogP contribution in [0, 0.1) is 19.3 Å². The van der Waals surface area contributed by atoms with Crippen LogP contribution in [0.4, 0.5) is 0 Å². The van der Waals surface area contributed by atoms with E-state index in [0.29, 0.717) is 5.39 Å². The van der Waals surface area contributed by atoms with Gasteiger partial charge in [-0.1, -0.05) is 42.3 Å². The third-order valence-corrected chi connectivity index (χ3v) is 7.27. The molecule has 1 aliphatic heterocycles. The number of carboxylic acid groups (broad SMARTS) is 1. The molecule has 3 aromatic rings. The zero-order valence-corrected chi connectivity index (χ0v) is 20.8. The van der Waals surface area contributed by atoms with Crippen molar-refractivity contribution >= 4 is 24.5 Å². The maximum atomic E-state index is 13.8. The van der Waals surface area contributed by atoms with Crippen LogP contribution in [0.1, 0.15) is 18.7 Å². The lowest BCUT2D eigenvalue weighted by molar-refractivity contribution is -0.138. The van der Waals surface area contributed by atoms with Crippen molar-refractivity contribution in [2.24, 2.45) is 0 Å². The largest absolute Gasteiger partial charge is 0.480 e. The van der Waals surface area contributed by atoms with Crippen molar-refractivity contribution in [1.29, 1.82) is 0 Å². The Morgan fingerprint density at radius 3 is 2.78 bits per heavy atom. The van der Waals surface area contributed by atoms with Crippen molar-refractivity contribution in [2.75, 3.05) is 6.61 Å². The van der Waals surface area contributed by atoms with E-state index in [1.807, 2.05) is 18.2 Å². The lowest BCUT2D eigenvalue weighted by atomic mass is 10.1. The highest BCUT2D eigenvalue weighted by molar-refractivity contribution is 7.52. The number of aliphatic carboxylic acids is 1. The number of terminal acetylenes is 1. The number of carbonyl (C=O) groups is 1. The van der Waals surface area contributed by atoms with Gasteiger partial charge < -0.3 is 14.4 Å². The van der Waals surface area contributed by atoms with Crippen molar-refractivity contribution in [3.63, 3.8) is 0 Å². The molecular weight excluding hydrogens is 501 g/mol. The molecule has 2 aromatic carbocycles. The Bertz CT molecular complexity index is 1580. The maximum Gasteiger partial charge on any atom is 0.459 e. The Morgan fingerprint density at radius 2 is 2.05 bits per heavy atom. The van der Waals surface area contributed by atoms with E-state index >= 15 is 0 Å². The van der Waals surface area contributed by atoms with E-state index in [1.54, 1.807) is 24.3 Å². The van der Waals surface area contributed by atoms with Gasteiger partial charge in [0.1, 0.15) is 18.4 Å². The van der Waals surface area contributed by atoms with E-state index in [9.17, 15) is 24.1 Å². The van der Waals surface area contributed by atoms with Crippen LogP contribution >= 0.6 is 7.75 Å². The minimum Gasteiger partial charge on any atom is -0.480 e. The monoisotopic (exact) mass is 525 g/mol. The summed E-state index contributed by atoms with van der Waals surface area (Å²) in [5.74, 6) is 1.35. The van der Waals surface area contributed by atoms with E-state index in [1.165, 1.54) is 32.2 Å². The van der Waals surface area contributed by atoms with Gasteiger partial charge in [-0.05, 0) is 37.5 Å². The summed E-state index contributed by atoms with van der Waals surface area (Å²) in [6, 6.07) is 11.0. The highest BCUT2D eigenvalue weighted by Gasteiger charge is 2.40. The first-order chi connectivity index (χ1) is 17.5. The lowest BCUT2D eigenvalue weighted by Crippen LogP contribution is -2.38. The molecule has 0 aliphatic carbocycles. The fourth-order valence-corrected chi connectivity index (χ4v) is 5.18. The second-order valence-corrected chi connectivity index (χ2v) is 10.1. The Hall–Kier alpha value is -3.94. The summed E-state index contributed by atoms with van der Waals surface area (Å²) in [6.07, 6.45) is 9.00. The van der Waals surface area contributed by atoms with Crippen LogP contribution in [0.3, 0.4) is 0 Å². The number of rotatable bonds is 9. The Kier molecular flexibility index (Phi) is 7.21. The molecule has 0 fully saturated rings. The number of aromatic nitrogens is 2. The van der Waals surface area contributed by atoms with Crippen LogP contribution in [0.15, 0.2) is 70.4 Å². The number of hydrogen-bond acceptors (Lipinski definition) is 7. The SMILES string of the molecule is C#C[C@@]1(COP(=O)(NC(C)C(=O)O)Oc2cccc3ccccc23)C=C[C@H](n2cc(C)c(=O)[nH]c2=O)O1. The standard InChI is InChI=1S/C25H24N3O8P/c1-4-25(13-12-21(35-25)28-14-16(2)22(29)26-24(28)32)15-34-37(33,27-17(3)23(30)31)36-20-11-7-9-18-8-5-6-10-19(18)20/h1,5-14,17,21H,15H2,2-3H3,(H,27,33)(H,30,31)(H,26,29,32)/t17?,21-,25+,37?/m1/s1. The number of ether oxygens (including phenoxy) is 1. The lowest BCUT2D eigenvalue weighted by Gasteiger charge is -2.28. The van der Waals surface area contributed by atoms with E-state index in [4.69, 9.17) is 20.2 Å². The Balaban J connectivity index is 1.60. The van der Waals surface area contributed by atoms with E-state index < -0.39 is 49.4 Å². The smallest absolute Gasteiger partial charge is 0.459 e. The number of benzene rings is 2. The molecule has 0 amide bonds. The molecule has 0 spiro atoms. The topological polar surface area (TPSA) is 149 Å². The van der Waals surface area contributed by atoms with Gasteiger partial charge in [-0.25, -0.2) is 9.36 Å². The molecule has 12 heteroatoms. The van der Waals surface area contributed by atoms with E-state index in [0.717, 1.165) is 9.95 Å². The van der Waals surface area contributed by atoms with E-state index in [2.05, 4.69) is 16.0 Å². The fourth-order valence-electron chi connectivity index (χ4n) is 3.63. The molecule has 0 radical (unpaired) electrons. The van der Waals surface area contributed by atoms with Crippen LogP contribution in [0.2, 0.25) is 0 Å². The number of aromatic amines is 1. The first-order valence-corrected chi connectivity index (χ1v) is 12.7. The first-order valence-electron chi connectivity index (χ1n) is 11.1. The zero-order chi connectivity index (χ0) is 26.8. The van der Waals surface area contributed by atoms with Gasteiger partial charge in [0, 0.05) is 17.1 Å². The minimum absolute atomic E-state index is 0.206. The molecule has 4 rings (SSSR count). The van der Waals surface area contributed by atoms with Crippen LogP contribution in [-0.2, 0) is 18.6 Å². The van der Waals surface area contributed by atoms with Crippen molar-refractivity contribution in [3.05, 3.63) is 87.2 Å². The minimum atomic E-state index is -4.34. The van der Waals surface area contributed by atoms with Gasteiger partial charge in [-0.3, -0.25) is 23.7 Å². The normalized spacial score (nSPS) is 21.3. The second kappa shape index (κ2) is 10.2. The van der Waals surface area contributed by atoms with Crippen molar-refractivity contribution in [3.8, 4) is 18.1 Å². The summed E-state index contributed by atoms with van der Waals surface area (Å²) < 4.78 is 32.2. The van der Waals surface area contributed by atoms with Crippen LogP contribution < -0.4 is 20.9 Å². The van der Waals surface area contributed by atoms with Crippen LogP contribution in [-0.4, -0.2) is 38.9 Å². The molecule has 37 heavy (non-hydrogen) atoms. The maximum absolute atomic E-state index is 13.8. The van der Waals surface area contributed by atoms with Gasteiger partial charge in [0.2, 0.25) is 0 Å². The summed E-state index contributed by atoms with van der Waals surface area (Å²) in [5, 5.41) is 13.2. The Morgan fingerprint density at radius 1 is 1.32 bits per heavy atom. The number of H-pyrrole nitrogens is 1. The molecule has 0 bridgehead atoms. The van der Waals surface area contributed by atoms with Crippen molar-refractivity contribution in [1.82, 2.24) is 14.6 Å². The number of nitrogens with one attached hydrogen (secondary N) is 2. The second-order valence-electron chi connectivity index (χ2n) is 8.41. The highest BCUT2D eigenvalue weighted by atomic mass is 31.2. The summed E-state index contributed by atoms with van der Waals surface area (Å²) >= 11 is 0. The number of carboxylic acids is 1. The van der Waals surface area contributed by atoms with Gasteiger partial charge in [0.25, 0.3) is 5.56 Å². The molecule has 0 saturated carbocycles. The molecule has 11 nitrogen and oxygen atoms in total. The fraction of sp³-hybridized carbons (Fsp3) is 0.240. The van der Waals surface area contributed by atoms with Gasteiger partial charge in [-0.15, -0.1) is 6.42 Å². The number of hydrogen-bond donors (Lipinski definition) is 3. The van der Waals surface area contributed by atoms with Crippen molar-refractivity contribution < 1.29 is 28.3 Å². The van der Waals surface area contributed by atoms with Gasteiger partial charge in [0.15, 0.2) is 11.8 Å². The first kappa shape index (κ1) is 26.1. The van der Waals surface area contributed by atoms with Crippen LogP contribution in [0.5, 0.6) is 5.75 Å². The quantitative estimate of drug-likeness (QED) is 0.218. The molecule has 0 saturated heterocycles. The summed E-state index contributed by atoms with van der Waals surface area (Å²) in [4.78, 5) is 37.6. The van der Waals surface area contributed by atoms with E-state index in [-0.39, 0.29) is 11.3 Å². The molecule has 192 valence electrons. The van der Waals surface area contributed by atoms with Gasteiger partial charge >= 0.3 is 19.4 Å². The predicted molar refractivity (Wildman–Crippen MR) is 135 cm³/mol. The molecule has 1 aliphatic rings. The average molecular weight is 525 g/mol. The third kappa shape index (κ3) is 5.58. The molecule has 2 unspecified atom stereocenters. The number of nitrogens with zero attached hydrogens (tertiary/aromatic N) is 1. The third-order valence-electron chi connectivity index (χ3n) is 5.66. The molecular formula is C25H24N3O8P. The summed E-state index contributed by atoms with van der Waals surface area (Å²) in [6.45, 7) is 2.31. The summed E-state index contributed by atoms with van der Waals surface area (Å²) in [7, 11) is -4.34. The molecule has 4 atom stereocenters. The number of fused-ring (bicyclic) bond motifs is 1. The predicted octanol–water partition coefficient (Wildman–Crippen LogP) is 2.72. The molecule has 3 N–H and O–H groups in total. The van der Waals surface area contributed by atoms with Crippen molar-refractivity contribution in [2.45, 2.75) is 31.7 Å². The Labute approximate surface area is 211 Å². The number of aryl methyl sites for hydroxylation is 1. The highest BCUT2D eigenvalue weighted by Crippen LogP contribution is 2.48. The summed E-state index contributed by atoms with van der Waals surface area (Å²) in [5.41, 5.74) is -2.52. The van der Waals surface area contributed by atoms with Gasteiger partial charge in [-0.2, -0.15) is 5.09 Å². The van der Waals surface area contributed by atoms with Gasteiger partial charge in [0.05, 0.1) is 0 Å². The zero-order valence-electron chi connectivity index (χ0n) is 19.9. The average Bonchev–Trinajstić information content (AvgIpc) is 3.30. The van der Waals surface area contributed by atoms with Crippen LogP contribution in [0.25, 0.3) is 10.8 Å². The molecule has 2 heterocycles.